The lowest BCUT2D eigenvalue weighted by atomic mass is 10.2. The SMILES string of the molecule is CN1CCNCC1c1noc(COc2cc(Cl)cc(Cl)c2)n1. The molecule has 8 heteroatoms. The Labute approximate surface area is 138 Å². The van der Waals surface area contributed by atoms with E-state index in [0.29, 0.717) is 27.5 Å². The predicted octanol–water partition coefficient (Wildman–Crippen LogP) is 2.53. The van der Waals surface area contributed by atoms with E-state index in [1.165, 1.54) is 0 Å². The number of benzene rings is 1. The molecule has 1 N–H and O–H groups in total. The third-order valence-electron chi connectivity index (χ3n) is 3.49. The molecule has 0 amide bonds. The van der Waals surface area contributed by atoms with E-state index in [-0.39, 0.29) is 12.6 Å². The summed E-state index contributed by atoms with van der Waals surface area (Å²) in [5.74, 6) is 1.65. The van der Waals surface area contributed by atoms with Gasteiger partial charge in [0, 0.05) is 29.7 Å². The minimum absolute atomic E-state index is 0.117. The molecule has 1 aliphatic rings. The van der Waals surface area contributed by atoms with Gasteiger partial charge in [0.05, 0.1) is 6.04 Å². The number of rotatable bonds is 4. The molecule has 1 aromatic heterocycles. The maximum absolute atomic E-state index is 5.93. The van der Waals surface area contributed by atoms with Crippen LogP contribution in [0.25, 0.3) is 0 Å². The monoisotopic (exact) mass is 342 g/mol. The van der Waals surface area contributed by atoms with Crippen LogP contribution in [0, 0.1) is 0 Å². The molecule has 22 heavy (non-hydrogen) atoms. The number of likely N-dealkylation sites (N-methyl/N-ethyl adjacent to an activating group) is 1. The van der Waals surface area contributed by atoms with Crippen molar-refractivity contribution in [3.05, 3.63) is 40.0 Å². The van der Waals surface area contributed by atoms with Gasteiger partial charge in [-0.05, 0) is 25.2 Å². The first-order valence-corrected chi connectivity index (χ1v) is 7.70. The zero-order chi connectivity index (χ0) is 15.5. The van der Waals surface area contributed by atoms with Crippen LogP contribution in [0.5, 0.6) is 5.75 Å². The zero-order valence-corrected chi connectivity index (χ0v) is 13.6. The fourth-order valence-electron chi connectivity index (χ4n) is 2.31. The van der Waals surface area contributed by atoms with Gasteiger partial charge in [0.15, 0.2) is 12.4 Å². The van der Waals surface area contributed by atoms with E-state index in [1.807, 2.05) is 7.05 Å². The highest BCUT2D eigenvalue weighted by Gasteiger charge is 2.25. The highest BCUT2D eigenvalue weighted by atomic mass is 35.5. The number of halogens is 2. The maximum atomic E-state index is 5.93. The Morgan fingerprint density at radius 2 is 2.14 bits per heavy atom. The minimum Gasteiger partial charge on any atom is -0.484 e. The molecule has 0 saturated carbocycles. The van der Waals surface area contributed by atoms with Gasteiger partial charge < -0.3 is 14.6 Å². The Morgan fingerprint density at radius 3 is 2.86 bits per heavy atom. The summed E-state index contributed by atoms with van der Waals surface area (Å²) in [5.41, 5.74) is 0. The van der Waals surface area contributed by atoms with Crippen LogP contribution in [-0.4, -0.2) is 41.7 Å². The van der Waals surface area contributed by atoms with Crippen LogP contribution in [0.1, 0.15) is 17.8 Å². The summed E-state index contributed by atoms with van der Waals surface area (Å²) in [5, 5.41) is 8.39. The number of hydrogen-bond acceptors (Lipinski definition) is 6. The second-order valence-electron chi connectivity index (χ2n) is 5.14. The van der Waals surface area contributed by atoms with E-state index in [0.717, 1.165) is 19.6 Å². The van der Waals surface area contributed by atoms with Crippen molar-refractivity contribution in [2.24, 2.45) is 0 Å². The Hall–Kier alpha value is -1.34. The third kappa shape index (κ3) is 3.70. The summed E-state index contributed by atoms with van der Waals surface area (Å²) >= 11 is 11.9. The molecule has 6 nitrogen and oxygen atoms in total. The lowest BCUT2D eigenvalue weighted by Gasteiger charge is -2.30. The molecule has 0 spiro atoms. The lowest BCUT2D eigenvalue weighted by molar-refractivity contribution is 0.189. The Morgan fingerprint density at radius 1 is 1.36 bits per heavy atom. The molecule has 1 fully saturated rings. The van der Waals surface area contributed by atoms with Crippen molar-refractivity contribution in [2.75, 3.05) is 26.7 Å². The third-order valence-corrected chi connectivity index (χ3v) is 3.93. The van der Waals surface area contributed by atoms with Crippen LogP contribution in [0.15, 0.2) is 22.7 Å². The normalized spacial score (nSPS) is 19.3. The Bertz CT molecular complexity index is 629. The molecule has 118 valence electrons. The number of aromatic nitrogens is 2. The van der Waals surface area contributed by atoms with Crippen molar-refractivity contribution in [2.45, 2.75) is 12.6 Å². The zero-order valence-electron chi connectivity index (χ0n) is 12.1. The van der Waals surface area contributed by atoms with Crippen molar-refractivity contribution in [3.8, 4) is 5.75 Å². The van der Waals surface area contributed by atoms with Crippen LogP contribution in [0.2, 0.25) is 10.0 Å². The number of hydrogen-bond donors (Lipinski definition) is 1. The van der Waals surface area contributed by atoms with Crippen molar-refractivity contribution in [1.82, 2.24) is 20.4 Å². The molecule has 2 aromatic rings. The maximum Gasteiger partial charge on any atom is 0.264 e. The first-order chi connectivity index (χ1) is 10.6. The lowest BCUT2D eigenvalue weighted by Crippen LogP contribution is -2.44. The second-order valence-corrected chi connectivity index (χ2v) is 6.01. The van der Waals surface area contributed by atoms with Crippen LogP contribution < -0.4 is 10.1 Å². The summed E-state index contributed by atoms with van der Waals surface area (Å²) in [6.45, 7) is 2.90. The van der Waals surface area contributed by atoms with Crippen molar-refractivity contribution >= 4 is 23.2 Å². The van der Waals surface area contributed by atoms with E-state index in [9.17, 15) is 0 Å². The number of ether oxygens (including phenoxy) is 1. The Balaban J connectivity index is 1.64. The topological polar surface area (TPSA) is 63.4 Å². The van der Waals surface area contributed by atoms with Gasteiger partial charge in [-0.3, -0.25) is 4.90 Å². The van der Waals surface area contributed by atoms with E-state index in [2.05, 4.69) is 20.4 Å². The molecule has 1 atom stereocenters. The summed E-state index contributed by atoms with van der Waals surface area (Å²) in [7, 11) is 2.05. The minimum atomic E-state index is 0.117. The molecule has 0 bridgehead atoms. The molecule has 1 aliphatic heterocycles. The van der Waals surface area contributed by atoms with Crippen LogP contribution in [-0.2, 0) is 6.61 Å². The van der Waals surface area contributed by atoms with Gasteiger partial charge in [-0.1, -0.05) is 28.4 Å². The van der Waals surface area contributed by atoms with E-state index < -0.39 is 0 Å². The standard InChI is InChI=1S/C14H16Cl2N4O2/c1-20-3-2-17-7-12(20)14-18-13(22-19-14)8-21-11-5-9(15)4-10(16)6-11/h4-6,12,17H,2-3,7-8H2,1H3. The van der Waals surface area contributed by atoms with Gasteiger partial charge >= 0.3 is 0 Å². The number of nitrogens with one attached hydrogen (secondary N) is 1. The molecule has 1 unspecified atom stereocenters. The molecule has 1 saturated heterocycles. The molecule has 0 radical (unpaired) electrons. The summed E-state index contributed by atoms with van der Waals surface area (Å²) in [6.07, 6.45) is 0. The van der Waals surface area contributed by atoms with Gasteiger partial charge in [-0.2, -0.15) is 4.98 Å². The predicted molar refractivity (Wildman–Crippen MR) is 83.3 cm³/mol. The average Bonchev–Trinajstić information content (AvgIpc) is 2.93. The van der Waals surface area contributed by atoms with Gasteiger partial charge in [-0.25, -0.2) is 0 Å². The van der Waals surface area contributed by atoms with Gasteiger partial charge in [0.25, 0.3) is 5.89 Å². The first-order valence-electron chi connectivity index (χ1n) is 6.94. The van der Waals surface area contributed by atoms with E-state index >= 15 is 0 Å². The number of piperazine rings is 1. The smallest absolute Gasteiger partial charge is 0.264 e. The second kappa shape index (κ2) is 6.83. The molecule has 3 rings (SSSR count). The first kappa shape index (κ1) is 15.6. The molecular weight excluding hydrogens is 327 g/mol. The quantitative estimate of drug-likeness (QED) is 0.921. The number of nitrogens with zero attached hydrogens (tertiary/aromatic N) is 3. The van der Waals surface area contributed by atoms with Crippen LogP contribution >= 0.6 is 23.2 Å². The molecule has 2 heterocycles. The Kier molecular flexibility index (Phi) is 4.83. The summed E-state index contributed by atoms with van der Waals surface area (Å²) < 4.78 is 10.8. The highest BCUT2D eigenvalue weighted by molar-refractivity contribution is 6.34. The summed E-state index contributed by atoms with van der Waals surface area (Å²) in [6, 6.07) is 5.13. The van der Waals surface area contributed by atoms with Crippen LogP contribution in [0.4, 0.5) is 0 Å². The summed E-state index contributed by atoms with van der Waals surface area (Å²) in [4.78, 5) is 6.59. The molecular formula is C14H16Cl2N4O2. The van der Waals surface area contributed by atoms with Gasteiger partial charge in [0.2, 0.25) is 0 Å². The van der Waals surface area contributed by atoms with Gasteiger partial charge in [-0.15, -0.1) is 0 Å². The van der Waals surface area contributed by atoms with Crippen molar-refractivity contribution < 1.29 is 9.26 Å². The molecule has 0 aliphatic carbocycles. The molecule has 1 aromatic carbocycles. The van der Waals surface area contributed by atoms with E-state index in [4.69, 9.17) is 32.5 Å². The van der Waals surface area contributed by atoms with Gasteiger partial charge in [0.1, 0.15) is 5.75 Å². The fourth-order valence-corrected chi connectivity index (χ4v) is 2.82. The largest absolute Gasteiger partial charge is 0.484 e. The van der Waals surface area contributed by atoms with Crippen molar-refractivity contribution in [3.63, 3.8) is 0 Å². The van der Waals surface area contributed by atoms with Crippen molar-refractivity contribution in [1.29, 1.82) is 0 Å². The highest BCUT2D eigenvalue weighted by Crippen LogP contribution is 2.25. The van der Waals surface area contributed by atoms with Crippen LogP contribution in [0.3, 0.4) is 0 Å². The average molecular weight is 343 g/mol. The fraction of sp³-hybridized carbons (Fsp3) is 0.429. The van der Waals surface area contributed by atoms with E-state index in [1.54, 1.807) is 18.2 Å².